The molecule has 0 aliphatic carbocycles. The number of nitrogens with one attached hydrogen (secondary N) is 1. The van der Waals surface area contributed by atoms with E-state index >= 15 is 0 Å². The van der Waals surface area contributed by atoms with Crippen molar-refractivity contribution in [3.8, 4) is 0 Å². The van der Waals surface area contributed by atoms with E-state index in [-0.39, 0.29) is 12.5 Å². The molecule has 0 aromatic heterocycles. The summed E-state index contributed by atoms with van der Waals surface area (Å²) in [6.45, 7) is 4.13. The number of nitrogens with zero attached hydrogens (tertiary/aromatic N) is 1. The molecule has 1 rings (SSSR count). The molecule has 21 heavy (non-hydrogen) atoms. The molecule has 5 nitrogen and oxygen atoms in total. The van der Waals surface area contributed by atoms with E-state index < -0.39 is 10.0 Å². The van der Waals surface area contributed by atoms with E-state index in [1.165, 1.54) is 4.31 Å². The van der Waals surface area contributed by atoms with Gasteiger partial charge in [0.25, 0.3) is 0 Å². The highest BCUT2D eigenvalue weighted by Gasteiger charge is 2.19. The normalized spacial score (nSPS) is 11.7. The van der Waals surface area contributed by atoms with Crippen molar-refractivity contribution in [2.75, 3.05) is 24.7 Å². The summed E-state index contributed by atoms with van der Waals surface area (Å²) in [6.07, 6.45) is 2.73. The van der Waals surface area contributed by atoms with Gasteiger partial charge in [0.2, 0.25) is 15.9 Å². The van der Waals surface area contributed by atoms with Gasteiger partial charge in [0.15, 0.2) is 0 Å². The smallest absolute Gasteiger partial charge is 0.239 e. The van der Waals surface area contributed by atoms with Crippen LogP contribution < -0.4 is 5.32 Å². The van der Waals surface area contributed by atoms with Gasteiger partial charge in [-0.15, -0.1) is 0 Å². The zero-order valence-electron chi connectivity index (χ0n) is 12.5. The van der Waals surface area contributed by atoms with Crippen molar-refractivity contribution >= 4 is 37.5 Å². The Hall–Kier alpha value is -0.920. The number of amides is 1. The third kappa shape index (κ3) is 6.15. The largest absolute Gasteiger partial charge is 0.325 e. The van der Waals surface area contributed by atoms with Gasteiger partial charge in [-0.25, -0.2) is 8.42 Å². The van der Waals surface area contributed by atoms with Crippen molar-refractivity contribution in [1.29, 1.82) is 0 Å². The fraction of sp³-hybridized carbons (Fsp3) is 0.500. The Morgan fingerprint density at radius 1 is 1.38 bits per heavy atom. The zero-order valence-corrected chi connectivity index (χ0v) is 14.9. The third-order valence-electron chi connectivity index (χ3n) is 3.01. The Labute approximate surface area is 134 Å². The quantitative estimate of drug-likeness (QED) is 0.795. The van der Waals surface area contributed by atoms with Gasteiger partial charge >= 0.3 is 0 Å². The van der Waals surface area contributed by atoms with E-state index in [0.29, 0.717) is 12.2 Å². The number of rotatable bonds is 7. The van der Waals surface area contributed by atoms with Crippen LogP contribution in [0.25, 0.3) is 0 Å². The molecule has 118 valence electrons. The molecule has 1 aromatic rings. The van der Waals surface area contributed by atoms with Crippen LogP contribution in [0.2, 0.25) is 0 Å². The highest BCUT2D eigenvalue weighted by Crippen LogP contribution is 2.20. The standard InChI is InChI=1S/C14H21BrN2O3S/c1-4-5-8-17(21(3,19)20)10-14(18)16-12-7-6-11(2)13(15)9-12/h6-7,9H,4-5,8,10H2,1-3H3,(H,16,18). The molecule has 1 N–H and O–H groups in total. The lowest BCUT2D eigenvalue weighted by Gasteiger charge is -2.19. The van der Waals surface area contributed by atoms with Crippen LogP contribution >= 0.6 is 15.9 Å². The average molecular weight is 377 g/mol. The second-order valence-corrected chi connectivity index (χ2v) is 7.80. The first kappa shape index (κ1) is 18.1. The number of aryl methyl sites for hydroxylation is 1. The van der Waals surface area contributed by atoms with Crippen molar-refractivity contribution in [1.82, 2.24) is 4.31 Å². The van der Waals surface area contributed by atoms with Crippen LogP contribution in [-0.2, 0) is 14.8 Å². The molecular weight excluding hydrogens is 356 g/mol. The first-order valence-electron chi connectivity index (χ1n) is 6.75. The molecule has 0 saturated carbocycles. The summed E-state index contributed by atoms with van der Waals surface area (Å²) in [5.41, 5.74) is 1.70. The number of hydrogen-bond donors (Lipinski definition) is 1. The minimum absolute atomic E-state index is 0.162. The number of carbonyl (C=O) groups is 1. The van der Waals surface area contributed by atoms with Gasteiger partial charge in [-0.3, -0.25) is 4.79 Å². The van der Waals surface area contributed by atoms with E-state index in [4.69, 9.17) is 0 Å². The Kier molecular flexibility index (Phi) is 6.83. The lowest BCUT2D eigenvalue weighted by atomic mass is 10.2. The topological polar surface area (TPSA) is 66.5 Å². The Bertz CT molecular complexity index is 602. The van der Waals surface area contributed by atoms with Crippen molar-refractivity contribution in [3.63, 3.8) is 0 Å². The molecule has 0 heterocycles. The number of hydrogen-bond acceptors (Lipinski definition) is 3. The maximum Gasteiger partial charge on any atom is 0.239 e. The number of halogens is 1. The van der Waals surface area contributed by atoms with Gasteiger partial charge in [0, 0.05) is 16.7 Å². The molecule has 0 radical (unpaired) electrons. The average Bonchev–Trinajstić information content (AvgIpc) is 2.37. The minimum atomic E-state index is -3.38. The summed E-state index contributed by atoms with van der Waals surface area (Å²) in [7, 11) is -3.38. The first-order chi connectivity index (χ1) is 9.74. The fourth-order valence-corrected chi connectivity index (χ4v) is 2.92. The van der Waals surface area contributed by atoms with Crippen LogP contribution in [-0.4, -0.2) is 38.0 Å². The van der Waals surface area contributed by atoms with Gasteiger partial charge in [-0.1, -0.05) is 35.3 Å². The Morgan fingerprint density at radius 2 is 2.05 bits per heavy atom. The lowest BCUT2D eigenvalue weighted by Crippen LogP contribution is -2.38. The molecule has 0 bridgehead atoms. The van der Waals surface area contributed by atoms with Crippen LogP contribution in [0.5, 0.6) is 0 Å². The molecule has 0 atom stereocenters. The fourth-order valence-electron chi connectivity index (χ4n) is 1.73. The molecule has 0 aliphatic heterocycles. The number of carbonyl (C=O) groups excluding carboxylic acids is 1. The highest BCUT2D eigenvalue weighted by atomic mass is 79.9. The number of sulfonamides is 1. The predicted molar refractivity (Wildman–Crippen MR) is 88.8 cm³/mol. The van der Waals surface area contributed by atoms with E-state index in [9.17, 15) is 13.2 Å². The summed E-state index contributed by atoms with van der Waals surface area (Å²) in [4.78, 5) is 12.0. The molecule has 0 aliphatic rings. The highest BCUT2D eigenvalue weighted by molar-refractivity contribution is 9.10. The minimum Gasteiger partial charge on any atom is -0.325 e. The lowest BCUT2D eigenvalue weighted by molar-refractivity contribution is -0.116. The Balaban J connectivity index is 2.71. The van der Waals surface area contributed by atoms with Gasteiger partial charge in [-0.05, 0) is 31.0 Å². The van der Waals surface area contributed by atoms with Crippen molar-refractivity contribution < 1.29 is 13.2 Å². The Morgan fingerprint density at radius 3 is 2.57 bits per heavy atom. The second kappa shape index (κ2) is 7.91. The maximum atomic E-state index is 12.0. The van der Waals surface area contributed by atoms with Crippen LogP contribution in [0, 0.1) is 6.92 Å². The molecule has 1 aromatic carbocycles. The molecule has 1 amide bonds. The SMILES string of the molecule is CCCCN(CC(=O)Nc1ccc(C)c(Br)c1)S(C)(=O)=O. The van der Waals surface area contributed by atoms with E-state index in [1.54, 1.807) is 12.1 Å². The van der Waals surface area contributed by atoms with Crippen molar-refractivity contribution in [2.24, 2.45) is 0 Å². The molecule has 0 spiro atoms. The van der Waals surface area contributed by atoms with Gasteiger partial charge in [-0.2, -0.15) is 4.31 Å². The zero-order chi connectivity index (χ0) is 16.0. The molecule has 0 saturated heterocycles. The first-order valence-corrected chi connectivity index (χ1v) is 9.39. The summed E-state index contributed by atoms with van der Waals surface area (Å²) in [5.74, 6) is -0.340. The summed E-state index contributed by atoms with van der Waals surface area (Å²) in [6, 6.07) is 5.46. The van der Waals surface area contributed by atoms with Gasteiger partial charge in [0.1, 0.15) is 0 Å². The number of benzene rings is 1. The third-order valence-corrected chi connectivity index (χ3v) is 5.11. The number of unbranched alkanes of at least 4 members (excludes halogenated alkanes) is 1. The second-order valence-electron chi connectivity index (χ2n) is 4.96. The van der Waals surface area contributed by atoms with E-state index in [0.717, 1.165) is 29.1 Å². The van der Waals surface area contributed by atoms with Gasteiger partial charge in [0.05, 0.1) is 12.8 Å². The molecule has 0 unspecified atom stereocenters. The van der Waals surface area contributed by atoms with E-state index in [1.807, 2.05) is 19.9 Å². The van der Waals surface area contributed by atoms with Crippen LogP contribution in [0.15, 0.2) is 22.7 Å². The summed E-state index contributed by atoms with van der Waals surface area (Å²) >= 11 is 3.40. The number of anilines is 1. The molecule has 0 fully saturated rings. The van der Waals surface area contributed by atoms with Crippen LogP contribution in [0.4, 0.5) is 5.69 Å². The van der Waals surface area contributed by atoms with E-state index in [2.05, 4.69) is 21.2 Å². The summed E-state index contributed by atoms with van der Waals surface area (Å²) in [5, 5.41) is 2.71. The maximum absolute atomic E-state index is 12.0. The van der Waals surface area contributed by atoms with Crippen molar-refractivity contribution in [2.45, 2.75) is 26.7 Å². The predicted octanol–water partition coefficient (Wildman–Crippen LogP) is 2.76. The van der Waals surface area contributed by atoms with Crippen LogP contribution in [0.1, 0.15) is 25.3 Å². The molecular formula is C14H21BrN2O3S. The van der Waals surface area contributed by atoms with Crippen molar-refractivity contribution in [3.05, 3.63) is 28.2 Å². The molecule has 7 heteroatoms. The summed E-state index contributed by atoms with van der Waals surface area (Å²) < 4.78 is 25.4. The monoisotopic (exact) mass is 376 g/mol. The van der Waals surface area contributed by atoms with Crippen LogP contribution in [0.3, 0.4) is 0 Å². The van der Waals surface area contributed by atoms with Gasteiger partial charge < -0.3 is 5.32 Å².